The van der Waals surface area contributed by atoms with Gasteiger partial charge in [0.05, 0.1) is 32.1 Å². The van der Waals surface area contributed by atoms with Crippen molar-refractivity contribution in [2.45, 2.75) is 41.9 Å². The molecule has 5 heterocycles. The molecule has 4 atom stereocenters. The Labute approximate surface area is 258 Å². The number of ether oxygens (including phenoxy) is 2. The first kappa shape index (κ1) is 31.1. The molecule has 16 nitrogen and oxygen atoms in total. The summed E-state index contributed by atoms with van der Waals surface area (Å²) in [6.45, 7) is 5.74. The summed E-state index contributed by atoms with van der Waals surface area (Å²) >= 11 is 0. The Bertz CT molecular complexity index is 1340. The van der Waals surface area contributed by atoms with Gasteiger partial charge in [0.25, 0.3) is 0 Å². The molecule has 1 aromatic carbocycles. The van der Waals surface area contributed by atoms with E-state index in [0.29, 0.717) is 115 Å². The average molecular weight is 633 g/mol. The zero-order chi connectivity index (χ0) is 30.8. The molecule has 0 radical (unpaired) electrons. The van der Waals surface area contributed by atoms with Gasteiger partial charge < -0.3 is 52.4 Å². The summed E-state index contributed by atoms with van der Waals surface area (Å²) in [7, 11) is -3.83. The van der Waals surface area contributed by atoms with Crippen molar-refractivity contribution < 1.29 is 17.9 Å². The van der Waals surface area contributed by atoms with Gasteiger partial charge in [-0.3, -0.25) is 0 Å². The molecule has 4 aliphatic rings. The van der Waals surface area contributed by atoms with Crippen LogP contribution in [0.25, 0.3) is 0 Å². The average Bonchev–Trinajstić information content (AvgIpc) is 3.01. The Balaban J connectivity index is 1.36. The zero-order valence-corrected chi connectivity index (χ0v) is 25.7. The van der Waals surface area contributed by atoms with Gasteiger partial charge in [-0.15, -0.1) is 0 Å². The zero-order valence-electron chi connectivity index (χ0n) is 24.9. The maximum absolute atomic E-state index is 14.0. The van der Waals surface area contributed by atoms with Gasteiger partial charge >= 0.3 is 0 Å². The van der Waals surface area contributed by atoms with E-state index >= 15 is 0 Å². The highest BCUT2D eigenvalue weighted by atomic mass is 32.2. The number of nitrogens with one attached hydrogen (secondary N) is 1. The van der Waals surface area contributed by atoms with E-state index in [1.165, 1.54) is 4.31 Å². The van der Waals surface area contributed by atoms with Crippen LogP contribution in [0.3, 0.4) is 0 Å². The standard InChI is InChI=1S/C27H44N12O4S/c28-18-11-19(29)15-37(14-18)26-33-25(34-27(35-26)38-16-20(30)12-21(31)17-38)32-22-1-2-23(36-3-7-42-8-4-36)24(13-22)44(40,41)39-5-9-43-10-6-39/h1-2,13,18-21H,3-12,14-17,28-31H2,(H,32,33,34,35)/t18-,19+,20-,21+. The van der Waals surface area contributed by atoms with Crippen molar-refractivity contribution in [2.24, 2.45) is 22.9 Å². The number of benzene rings is 1. The molecular formula is C27H44N12O4S. The molecule has 4 fully saturated rings. The van der Waals surface area contributed by atoms with E-state index in [4.69, 9.17) is 47.4 Å². The Hall–Kier alpha value is -2.90. The van der Waals surface area contributed by atoms with Crippen LogP contribution in [-0.2, 0) is 19.5 Å². The highest BCUT2D eigenvalue weighted by molar-refractivity contribution is 7.89. The van der Waals surface area contributed by atoms with E-state index in [2.05, 4.69) is 5.32 Å². The first-order chi connectivity index (χ1) is 21.2. The molecule has 0 spiro atoms. The fourth-order valence-corrected chi connectivity index (χ4v) is 7.94. The lowest BCUT2D eigenvalue weighted by Gasteiger charge is -2.37. The number of hydrogen-bond donors (Lipinski definition) is 5. The molecule has 0 aliphatic carbocycles. The lowest BCUT2D eigenvalue weighted by atomic mass is 10.0. The maximum atomic E-state index is 14.0. The monoisotopic (exact) mass is 632 g/mol. The van der Waals surface area contributed by atoms with E-state index in [9.17, 15) is 8.42 Å². The Kier molecular flexibility index (Phi) is 9.34. The number of piperidine rings is 2. The lowest BCUT2D eigenvalue weighted by molar-refractivity contribution is 0.0730. The summed E-state index contributed by atoms with van der Waals surface area (Å²) < 4.78 is 40.4. The van der Waals surface area contributed by atoms with Crippen molar-refractivity contribution >= 4 is 39.2 Å². The molecular weight excluding hydrogens is 588 g/mol. The van der Waals surface area contributed by atoms with Crippen LogP contribution in [0.2, 0.25) is 0 Å². The van der Waals surface area contributed by atoms with Crippen molar-refractivity contribution in [3.63, 3.8) is 0 Å². The summed E-state index contributed by atoms with van der Waals surface area (Å²) in [6, 6.07) is 4.85. The largest absolute Gasteiger partial charge is 0.379 e. The third kappa shape index (κ3) is 6.99. The first-order valence-electron chi connectivity index (χ1n) is 15.3. The summed E-state index contributed by atoms with van der Waals surface area (Å²) in [5, 5.41) is 3.26. The number of aromatic nitrogens is 3. The van der Waals surface area contributed by atoms with Crippen LogP contribution >= 0.6 is 0 Å². The van der Waals surface area contributed by atoms with Crippen LogP contribution in [-0.4, -0.2) is 131 Å². The molecule has 4 aliphatic heterocycles. The number of anilines is 5. The van der Waals surface area contributed by atoms with E-state index in [0.717, 1.165) is 0 Å². The summed E-state index contributed by atoms with van der Waals surface area (Å²) in [4.78, 5) is 20.5. The van der Waals surface area contributed by atoms with Crippen LogP contribution < -0.4 is 43.0 Å². The second-order valence-electron chi connectivity index (χ2n) is 12.0. The van der Waals surface area contributed by atoms with E-state index < -0.39 is 10.0 Å². The van der Waals surface area contributed by atoms with E-state index in [-0.39, 0.29) is 35.0 Å². The number of sulfonamides is 1. The SMILES string of the molecule is N[C@@H]1C[C@H](N)CN(c2nc(Nc3ccc(N4CCOCC4)c(S(=O)(=O)N4CCOCC4)c3)nc(N3C[C@H](N)C[C@H](N)C3)n2)C1. The summed E-state index contributed by atoms with van der Waals surface area (Å²) in [5.41, 5.74) is 26.3. The van der Waals surface area contributed by atoms with Gasteiger partial charge in [-0.1, -0.05) is 0 Å². The molecule has 242 valence electrons. The number of nitrogens with zero attached hydrogens (tertiary/aromatic N) is 7. The normalized spacial score (nSPS) is 27.4. The fraction of sp³-hybridized carbons (Fsp3) is 0.667. The molecule has 0 amide bonds. The summed E-state index contributed by atoms with van der Waals surface area (Å²) in [5.74, 6) is 1.13. The van der Waals surface area contributed by atoms with Crippen LogP contribution in [0.1, 0.15) is 12.8 Å². The molecule has 6 rings (SSSR count). The Morgan fingerprint density at radius 3 is 1.73 bits per heavy atom. The first-order valence-corrected chi connectivity index (χ1v) is 16.7. The third-order valence-corrected chi connectivity index (χ3v) is 10.3. The Morgan fingerprint density at radius 1 is 0.705 bits per heavy atom. The van der Waals surface area contributed by atoms with Crippen molar-refractivity contribution in [3.8, 4) is 0 Å². The van der Waals surface area contributed by atoms with Crippen LogP contribution in [0.15, 0.2) is 23.1 Å². The van der Waals surface area contributed by atoms with Gasteiger partial charge in [0.15, 0.2) is 0 Å². The van der Waals surface area contributed by atoms with Gasteiger partial charge in [-0.05, 0) is 31.0 Å². The van der Waals surface area contributed by atoms with Crippen molar-refractivity contribution in [1.82, 2.24) is 19.3 Å². The minimum absolute atomic E-state index is 0.118. The Morgan fingerprint density at radius 2 is 1.20 bits per heavy atom. The predicted molar refractivity (Wildman–Crippen MR) is 168 cm³/mol. The van der Waals surface area contributed by atoms with Crippen molar-refractivity contribution in [2.75, 3.05) is 98.8 Å². The van der Waals surface area contributed by atoms with Gasteiger partial charge in [0.1, 0.15) is 4.90 Å². The number of morpholine rings is 2. The predicted octanol–water partition coefficient (Wildman–Crippen LogP) is -1.80. The molecule has 0 saturated carbocycles. The number of hydrogen-bond acceptors (Lipinski definition) is 15. The van der Waals surface area contributed by atoms with Gasteiger partial charge in [-0.2, -0.15) is 19.3 Å². The summed E-state index contributed by atoms with van der Waals surface area (Å²) in [6.07, 6.45) is 1.43. The van der Waals surface area contributed by atoms with Crippen molar-refractivity contribution in [1.29, 1.82) is 0 Å². The maximum Gasteiger partial charge on any atom is 0.245 e. The molecule has 0 unspecified atom stereocenters. The second kappa shape index (κ2) is 13.2. The topological polar surface area (TPSA) is 220 Å². The minimum atomic E-state index is -3.83. The third-order valence-electron chi connectivity index (χ3n) is 8.36. The second-order valence-corrected chi connectivity index (χ2v) is 13.9. The van der Waals surface area contributed by atoms with E-state index in [1.54, 1.807) is 6.07 Å². The van der Waals surface area contributed by atoms with Crippen LogP contribution in [0, 0.1) is 0 Å². The highest BCUT2D eigenvalue weighted by Gasteiger charge is 2.32. The minimum Gasteiger partial charge on any atom is -0.379 e. The molecule has 17 heteroatoms. The van der Waals surface area contributed by atoms with Crippen LogP contribution in [0.5, 0.6) is 0 Å². The smallest absolute Gasteiger partial charge is 0.245 e. The molecule has 44 heavy (non-hydrogen) atoms. The quantitative estimate of drug-likeness (QED) is 0.227. The lowest BCUT2D eigenvalue weighted by Crippen LogP contribution is -2.54. The number of nitrogens with two attached hydrogens (primary N) is 4. The van der Waals surface area contributed by atoms with Gasteiger partial charge in [0, 0.05) is 82.2 Å². The van der Waals surface area contributed by atoms with Crippen LogP contribution in [0.4, 0.5) is 29.2 Å². The van der Waals surface area contributed by atoms with Gasteiger partial charge in [-0.25, -0.2) is 8.42 Å². The molecule has 9 N–H and O–H groups in total. The molecule has 4 saturated heterocycles. The highest BCUT2D eigenvalue weighted by Crippen LogP contribution is 2.33. The molecule has 0 bridgehead atoms. The van der Waals surface area contributed by atoms with E-state index in [1.807, 2.05) is 26.8 Å². The molecule has 1 aromatic heterocycles. The number of rotatable bonds is 7. The molecule has 2 aromatic rings. The van der Waals surface area contributed by atoms with Crippen molar-refractivity contribution in [3.05, 3.63) is 18.2 Å². The fourth-order valence-electron chi connectivity index (χ4n) is 6.30. The van der Waals surface area contributed by atoms with Gasteiger partial charge in [0.2, 0.25) is 27.9 Å².